The Morgan fingerprint density at radius 2 is 2.09 bits per heavy atom. The molecule has 122 valence electrons. The molecule has 0 aliphatic carbocycles. The van der Waals surface area contributed by atoms with Crippen LogP contribution in [-0.4, -0.2) is 31.3 Å². The lowest BCUT2D eigenvalue weighted by molar-refractivity contribution is 0.0520. The van der Waals surface area contributed by atoms with Gasteiger partial charge in [-0.25, -0.2) is 13.6 Å². The van der Waals surface area contributed by atoms with E-state index in [2.05, 4.69) is 5.32 Å². The molecule has 1 amide bonds. The van der Waals surface area contributed by atoms with Gasteiger partial charge in [-0.1, -0.05) is 0 Å². The van der Waals surface area contributed by atoms with Crippen molar-refractivity contribution in [2.75, 3.05) is 24.5 Å². The molecule has 1 fully saturated rings. The zero-order valence-corrected chi connectivity index (χ0v) is 13.2. The summed E-state index contributed by atoms with van der Waals surface area (Å²) in [6, 6.07) is 3.91. The fourth-order valence-corrected chi connectivity index (χ4v) is 2.46. The summed E-state index contributed by atoms with van der Waals surface area (Å²) in [5.74, 6) is -1.42. The predicted octanol–water partition coefficient (Wildman–Crippen LogP) is 3.32. The van der Waals surface area contributed by atoms with Crippen molar-refractivity contribution < 1.29 is 18.3 Å². The summed E-state index contributed by atoms with van der Waals surface area (Å²) in [5.41, 5.74) is 0.149. The molecule has 6 heteroatoms. The van der Waals surface area contributed by atoms with Crippen LogP contribution >= 0.6 is 0 Å². The molecule has 0 saturated carbocycles. The van der Waals surface area contributed by atoms with Crippen LogP contribution in [0.15, 0.2) is 18.2 Å². The predicted molar refractivity (Wildman–Crippen MR) is 80.9 cm³/mol. The number of ether oxygens (including phenoxy) is 1. The fourth-order valence-electron chi connectivity index (χ4n) is 2.46. The highest BCUT2D eigenvalue weighted by Crippen LogP contribution is 2.25. The maximum atomic E-state index is 13.3. The first-order valence-corrected chi connectivity index (χ1v) is 7.41. The number of amides is 1. The Balaban J connectivity index is 1.83. The third-order valence-corrected chi connectivity index (χ3v) is 3.49. The number of anilines is 1. The lowest BCUT2D eigenvalue weighted by Crippen LogP contribution is -2.36. The molecule has 1 atom stereocenters. The van der Waals surface area contributed by atoms with E-state index in [1.807, 2.05) is 25.7 Å². The number of rotatable bonds is 3. The summed E-state index contributed by atoms with van der Waals surface area (Å²) in [4.78, 5) is 13.6. The molecule has 0 bridgehead atoms. The largest absolute Gasteiger partial charge is 0.444 e. The SMILES string of the molecule is CC(C)(C)OC(=O)NCC1CCN(c2ccc(F)c(F)c2)C1. The lowest BCUT2D eigenvalue weighted by Gasteiger charge is -2.21. The van der Waals surface area contributed by atoms with Crippen LogP contribution in [0.3, 0.4) is 0 Å². The summed E-state index contributed by atoms with van der Waals surface area (Å²) < 4.78 is 31.4. The number of benzene rings is 1. The first-order chi connectivity index (χ1) is 10.2. The van der Waals surface area contributed by atoms with Gasteiger partial charge in [-0.3, -0.25) is 0 Å². The zero-order chi connectivity index (χ0) is 16.3. The van der Waals surface area contributed by atoms with Gasteiger partial charge in [-0.15, -0.1) is 0 Å². The molecular weight excluding hydrogens is 290 g/mol. The van der Waals surface area contributed by atoms with Gasteiger partial charge in [0, 0.05) is 31.4 Å². The van der Waals surface area contributed by atoms with Gasteiger partial charge in [-0.2, -0.15) is 0 Å². The van der Waals surface area contributed by atoms with Crippen molar-refractivity contribution in [2.24, 2.45) is 5.92 Å². The summed E-state index contributed by atoms with van der Waals surface area (Å²) in [6.07, 6.45) is 0.452. The van der Waals surface area contributed by atoms with Crippen LogP contribution in [0.1, 0.15) is 27.2 Å². The molecule has 1 heterocycles. The van der Waals surface area contributed by atoms with E-state index in [9.17, 15) is 13.6 Å². The normalized spacial score (nSPS) is 18.4. The van der Waals surface area contributed by atoms with Gasteiger partial charge < -0.3 is 15.0 Å². The van der Waals surface area contributed by atoms with E-state index in [1.165, 1.54) is 6.07 Å². The first kappa shape index (κ1) is 16.5. The summed E-state index contributed by atoms with van der Waals surface area (Å²) in [5, 5.41) is 2.75. The molecule has 4 nitrogen and oxygen atoms in total. The summed E-state index contributed by atoms with van der Waals surface area (Å²) in [6.45, 7) is 7.40. The van der Waals surface area contributed by atoms with Crippen molar-refractivity contribution in [3.63, 3.8) is 0 Å². The molecule has 1 aliphatic rings. The van der Waals surface area contributed by atoms with Crippen molar-refractivity contribution in [1.29, 1.82) is 0 Å². The van der Waals surface area contributed by atoms with Gasteiger partial charge in [0.05, 0.1) is 0 Å². The van der Waals surface area contributed by atoms with Gasteiger partial charge >= 0.3 is 6.09 Å². The minimum atomic E-state index is -0.842. The van der Waals surface area contributed by atoms with Gasteiger partial charge in [0.25, 0.3) is 0 Å². The van der Waals surface area contributed by atoms with Crippen molar-refractivity contribution in [1.82, 2.24) is 5.32 Å². The number of carbonyl (C=O) groups is 1. The molecule has 1 unspecified atom stereocenters. The van der Waals surface area contributed by atoms with Gasteiger partial charge in [-0.05, 0) is 45.2 Å². The Bertz CT molecular complexity index is 543. The monoisotopic (exact) mass is 312 g/mol. The van der Waals surface area contributed by atoms with Gasteiger partial charge in [0.1, 0.15) is 5.60 Å². The van der Waals surface area contributed by atoms with Crippen LogP contribution < -0.4 is 10.2 Å². The maximum Gasteiger partial charge on any atom is 0.407 e. The van der Waals surface area contributed by atoms with Crippen LogP contribution in [0.25, 0.3) is 0 Å². The van der Waals surface area contributed by atoms with E-state index in [4.69, 9.17) is 4.74 Å². The van der Waals surface area contributed by atoms with Crippen molar-refractivity contribution >= 4 is 11.8 Å². The van der Waals surface area contributed by atoms with Crippen LogP contribution in [0.5, 0.6) is 0 Å². The molecule has 1 aromatic rings. The number of nitrogens with zero attached hydrogens (tertiary/aromatic N) is 1. The second kappa shape index (κ2) is 6.50. The second-order valence-electron chi connectivity index (χ2n) is 6.58. The molecule has 0 aromatic heterocycles. The van der Waals surface area contributed by atoms with Crippen molar-refractivity contribution in [3.8, 4) is 0 Å². The van der Waals surface area contributed by atoms with Crippen LogP contribution in [0.2, 0.25) is 0 Å². The summed E-state index contributed by atoms with van der Waals surface area (Å²) in [7, 11) is 0. The maximum absolute atomic E-state index is 13.3. The molecule has 1 aromatic carbocycles. The summed E-state index contributed by atoms with van der Waals surface area (Å²) >= 11 is 0. The Labute approximate surface area is 129 Å². The third kappa shape index (κ3) is 4.58. The Kier molecular flexibility index (Phi) is 4.88. The minimum absolute atomic E-state index is 0.264. The Morgan fingerprint density at radius 3 is 2.73 bits per heavy atom. The Morgan fingerprint density at radius 1 is 1.36 bits per heavy atom. The van der Waals surface area contributed by atoms with Crippen LogP contribution in [0.4, 0.5) is 19.3 Å². The highest BCUT2D eigenvalue weighted by atomic mass is 19.2. The van der Waals surface area contributed by atoms with E-state index in [0.29, 0.717) is 18.8 Å². The van der Waals surface area contributed by atoms with E-state index >= 15 is 0 Å². The van der Waals surface area contributed by atoms with Gasteiger partial charge in [0.2, 0.25) is 0 Å². The zero-order valence-electron chi connectivity index (χ0n) is 13.2. The molecule has 0 radical (unpaired) electrons. The molecular formula is C16H22F2N2O2. The molecule has 1 N–H and O–H groups in total. The lowest BCUT2D eigenvalue weighted by atomic mass is 10.1. The van der Waals surface area contributed by atoms with E-state index in [1.54, 1.807) is 6.07 Å². The molecule has 0 spiro atoms. The van der Waals surface area contributed by atoms with Crippen molar-refractivity contribution in [2.45, 2.75) is 32.8 Å². The molecule has 2 rings (SSSR count). The number of halogens is 2. The van der Waals surface area contributed by atoms with Gasteiger partial charge in [0.15, 0.2) is 11.6 Å². The van der Waals surface area contributed by atoms with E-state index < -0.39 is 23.3 Å². The topological polar surface area (TPSA) is 41.6 Å². The van der Waals surface area contributed by atoms with Crippen molar-refractivity contribution in [3.05, 3.63) is 29.8 Å². The fraction of sp³-hybridized carbons (Fsp3) is 0.562. The second-order valence-corrected chi connectivity index (χ2v) is 6.58. The average molecular weight is 312 g/mol. The number of nitrogens with one attached hydrogen (secondary N) is 1. The first-order valence-electron chi connectivity index (χ1n) is 7.41. The smallest absolute Gasteiger partial charge is 0.407 e. The number of hydrogen-bond donors (Lipinski definition) is 1. The third-order valence-electron chi connectivity index (χ3n) is 3.49. The Hall–Kier alpha value is -1.85. The quantitative estimate of drug-likeness (QED) is 0.931. The molecule has 22 heavy (non-hydrogen) atoms. The average Bonchev–Trinajstić information content (AvgIpc) is 2.86. The molecule has 1 saturated heterocycles. The number of alkyl carbamates (subject to hydrolysis) is 1. The van der Waals surface area contributed by atoms with E-state index in [0.717, 1.165) is 19.0 Å². The highest BCUT2D eigenvalue weighted by molar-refractivity contribution is 5.67. The molecule has 1 aliphatic heterocycles. The standard InChI is InChI=1S/C16H22F2N2O2/c1-16(2,3)22-15(21)19-9-11-6-7-20(10-11)12-4-5-13(17)14(18)8-12/h4-5,8,11H,6-7,9-10H2,1-3H3,(H,19,21). The van der Waals surface area contributed by atoms with Crippen LogP contribution in [0, 0.1) is 17.6 Å². The van der Waals surface area contributed by atoms with Crippen LogP contribution in [-0.2, 0) is 4.74 Å². The highest BCUT2D eigenvalue weighted by Gasteiger charge is 2.24. The number of hydrogen-bond acceptors (Lipinski definition) is 3. The number of carbonyl (C=O) groups excluding carboxylic acids is 1. The minimum Gasteiger partial charge on any atom is -0.444 e. The van der Waals surface area contributed by atoms with E-state index in [-0.39, 0.29) is 5.92 Å².